The Hall–Kier alpha value is -8.49. The summed E-state index contributed by atoms with van der Waals surface area (Å²) < 4.78 is 154. The number of hydrogen-bond acceptors (Lipinski definition) is 27. The highest BCUT2D eigenvalue weighted by atomic mass is 31.2. The molecule has 18 atom stereocenters. The molecule has 0 saturated carbocycles. The smallest absolute Gasteiger partial charge is 0.459 e. The van der Waals surface area contributed by atoms with Crippen molar-refractivity contribution in [3.8, 4) is 17.2 Å². The Morgan fingerprint density at radius 1 is 0.426 bits per heavy atom. The van der Waals surface area contributed by atoms with Crippen molar-refractivity contribution >= 4 is 41.1 Å². The largest absolute Gasteiger partial charge is 0.462 e. The maximum Gasteiger partial charge on any atom is 0.459 e. The Bertz CT molecular complexity index is 4100. The van der Waals surface area contributed by atoms with Crippen molar-refractivity contribution in [2.45, 2.75) is 192 Å². The first-order valence-electron chi connectivity index (χ1n) is 33.4. The Kier molecular flexibility index (Phi) is 29.6. The van der Waals surface area contributed by atoms with E-state index in [1.165, 1.54) is 57.2 Å². The molecule has 6 aromatic rings. The van der Waals surface area contributed by atoms with Crippen molar-refractivity contribution in [3.63, 3.8) is 0 Å². The summed E-state index contributed by atoms with van der Waals surface area (Å²) in [4.78, 5) is 113. The minimum absolute atomic E-state index is 0.152. The van der Waals surface area contributed by atoms with Crippen LogP contribution in [0, 0.1) is 0 Å². The first-order valence-corrected chi connectivity index (χ1v) is 38.0. The Labute approximate surface area is 614 Å². The standard InChI is InChI=1S/3C22H29FN3O9P/c3*1-13(2)33-19(29)14(3)25-36(31,35-15-8-6-5-7-9-15)32-12-16-18(28)22(4,23)20(34-16)26-11-10-17(27)24-21(26)30/h3*5-11,13-14,16,18,20,28H,12H2,1-4H3,(H,25,31)(H,24,27,30)/t14-,16+,18+,20+,22+,36?;14-,16+,18+,20+,22+,36+;14-,16+,18+,20+,22+,36-/m000/s1. The molecule has 3 aromatic heterocycles. The molecule has 3 aromatic carbocycles. The lowest BCUT2D eigenvalue weighted by molar-refractivity contribution is -0.150. The highest BCUT2D eigenvalue weighted by Crippen LogP contribution is 2.51. The van der Waals surface area contributed by atoms with E-state index >= 15 is 13.2 Å². The second-order valence-electron chi connectivity index (χ2n) is 26.0. The third kappa shape index (κ3) is 23.0. The van der Waals surface area contributed by atoms with Gasteiger partial charge in [-0.2, -0.15) is 15.3 Å². The summed E-state index contributed by atoms with van der Waals surface area (Å²) in [5.41, 5.74) is -12.3. The summed E-state index contributed by atoms with van der Waals surface area (Å²) in [6.45, 7) is 15.2. The zero-order valence-electron chi connectivity index (χ0n) is 60.4. The second kappa shape index (κ2) is 36.8. The molecule has 3 aliphatic rings. The number of alkyl halides is 3. The lowest BCUT2D eigenvalue weighted by atomic mass is 9.98. The Morgan fingerprint density at radius 3 is 0.852 bits per heavy atom. The summed E-state index contributed by atoms with van der Waals surface area (Å²) in [6, 6.07) is 23.6. The molecular weight excluding hydrogens is 1500 g/mol. The summed E-state index contributed by atoms with van der Waals surface area (Å²) in [7, 11) is -12.9. The Morgan fingerprint density at radius 2 is 0.648 bits per heavy atom. The number of nitrogens with zero attached hydrogens (tertiary/aromatic N) is 3. The van der Waals surface area contributed by atoms with Crippen LogP contribution in [0.25, 0.3) is 0 Å². The maximum atomic E-state index is 15.4. The van der Waals surface area contributed by atoms with Crippen LogP contribution in [0.15, 0.2) is 157 Å². The molecule has 9 N–H and O–H groups in total. The van der Waals surface area contributed by atoms with Crippen molar-refractivity contribution in [2.75, 3.05) is 19.8 Å². The van der Waals surface area contributed by atoms with E-state index in [0.29, 0.717) is 0 Å². The van der Waals surface area contributed by atoms with E-state index in [4.69, 9.17) is 55.6 Å². The van der Waals surface area contributed by atoms with E-state index in [1.807, 2.05) is 15.0 Å². The van der Waals surface area contributed by atoms with E-state index < -0.39 is 203 Å². The van der Waals surface area contributed by atoms with Crippen LogP contribution in [-0.4, -0.2) is 172 Å². The minimum atomic E-state index is -4.30. The number of aromatic nitrogens is 6. The molecule has 594 valence electrons. The number of aromatic amines is 3. The third-order valence-electron chi connectivity index (χ3n) is 15.8. The fourth-order valence-electron chi connectivity index (χ4n) is 10.4. The number of halogens is 3. The number of carbonyl (C=O) groups is 3. The van der Waals surface area contributed by atoms with Gasteiger partial charge in [0.2, 0.25) is 0 Å². The van der Waals surface area contributed by atoms with Crippen LogP contribution in [0.4, 0.5) is 13.2 Å². The van der Waals surface area contributed by atoms with Gasteiger partial charge < -0.3 is 57.3 Å². The Balaban J connectivity index is 0.000000226. The van der Waals surface area contributed by atoms with Gasteiger partial charge in [-0.15, -0.1) is 0 Å². The number of benzene rings is 3. The van der Waals surface area contributed by atoms with Gasteiger partial charge in [0.1, 0.15) is 72.0 Å². The number of nitrogens with one attached hydrogen (secondary N) is 6. The van der Waals surface area contributed by atoms with Crippen LogP contribution in [0.3, 0.4) is 0 Å². The van der Waals surface area contributed by atoms with Crippen LogP contribution in [0.2, 0.25) is 0 Å². The summed E-state index contributed by atoms with van der Waals surface area (Å²) in [5.74, 6) is -1.68. The number of ether oxygens (including phenoxy) is 6. The molecule has 0 amide bonds. The number of H-pyrrole nitrogens is 3. The van der Waals surface area contributed by atoms with Crippen LogP contribution >= 0.6 is 23.2 Å². The molecule has 9 rings (SSSR count). The number of para-hydroxylation sites is 3. The highest BCUT2D eigenvalue weighted by molar-refractivity contribution is 7.52. The fourth-order valence-corrected chi connectivity index (χ4v) is 14.9. The molecule has 6 heterocycles. The van der Waals surface area contributed by atoms with Gasteiger partial charge in [-0.3, -0.25) is 71.0 Å². The molecule has 36 nitrogen and oxygen atoms in total. The van der Waals surface area contributed by atoms with Gasteiger partial charge in [0, 0.05) is 36.8 Å². The first kappa shape index (κ1) is 86.7. The molecule has 108 heavy (non-hydrogen) atoms. The van der Waals surface area contributed by atoms with Crippen molar-refractivity contribution in [1.29, 1.82) is 0 Å². The average molecular weight is 1590 g/mol. The molecule has 3 fully saturated rings. The number of carbonyl (C=O) groups excluding carboxylic acids is 3. The number of aliphatic hydroxyl groups is 3. The van der Waals surface area contributed by atoms with E-state index in [9.17, 15) is 72.2 Å². The molecular formula is C66H87F3N9O27P3. The highest BCUT2D eigenvalue weighted by Gasteiger charge is 2.59. The quantitative estimate of drug-likeness (QED) is 0.0163. The van der Waals surface area contributed by atoms with Crippen molar-refractivity contribution < 1.29 is 112 Å². The number of hydrogen-bond donors (Lipinski definition) is 9. The molecule has 0 bridgehead atoms. The molecule has 3 saturated heterocycles. The predicted molar refractivity (Wildman–Crippen MR) is 376 cm³/mol. The van der Waals surface area contributed by atoms with Gasteiger partial charge in [-0.25, -0.2) is 41.3 Å². The zero-order valence-corrected chi connectivity index (χ0v) is 63.0. The van der Waals surface area contributed by atoms with Gasteiger partial charge >= 0.3 is 58.2 Å². The van der Waals surface area contributed by atoms with Gasteiger partial charge in [0.15, 0.2) is 35.7 Å². The average Bonchev–Trinajstić information content (AvgIpc) is 1.63. The van der Waals surface area contributed by atoms with Crippen LogP contribution in [0.5, 0.6) is 17.2 Å². The van der Waals surface area contributed by atoms with Gasteiger partial charge in [0.05, 0.1) is 38.1 Å². The van der Waals surface area contributed by atoms with E-state index in [2.05, 4.69) is 15.3 Å². The molecule has 42 heteroatoms. The summed E-state index contributed by atoms with van der Waals surface area (Å²) in [5, 5.41) is 39.1. The number of rotatable bonds is 30. The van der Waals surface area contributed by atoms with Crippen LogP contribution in [0.1, 0.15) is 102 Å². The molecule has 3 aliphatic heterocycles. The van der Waals surface area contributed by atoms with E-state index in [0.717, 1.165) is 71.3 Å². The van der Waals surface area contributed by atoms with Crippen LogP contribution in [-0.2, 0) is 70.1 Å². The van der Waals surface area contributed by atoms with Gasteiger partial charge in [0.25, 0.3) is 16.7 Å². The lowest BCUT2D eigenvalue weighted by Gasteiger charge is -2.25. The summed E-state index contributed by atoms with van der Waals surface area (Å²) in [6.07, 6.45) is -12.6. The number of esters is 3. The predicted octanol–water partition coefficient (Wildman–Crippen LogP) is 4.97. The normalized spacial score (nSPS) is 26.4. The third-order valence-corrected chi connectivity index (χ3v) is 20.7. The topological polar surface area (TPSA) is 475 Å². The van der Waals surface area contributed by atoms with Crippen molar-refractivity contribution in [3.05, 3.63) is 190 Å². The van der Waals surface area contributed by atoms with E-state index in [1.54, 1.807) is 96.1 Å². The summed E-state index contributed by atoms with van der Waals surface area (Å²) >= 11 is 0. The van der Waals surface area contributed by atoms with Gasteiger partial charge in [-0.05, 0) is 119 Å². The first-order chi connectivity index (χ1) is 50.5. The minimum Gasteiger partial charge on any atom is -0.462 e. The second-order valence-corrected chi connectivity index (χ2v) is 31.1. The van der Waals surface area contributed by atoms with Gasteiger partial charge in [-0.1, -0.05) is 54.6 Å². The fraction of sp³-hybridized carbons (Fsp3) is 0.500. The zero-order chi connectivity index (χ0) is 80.0. The van der Waals surface area contributed by atoms with Crippen molar-refractivity contribution in [1.82, 2.24) is 43.9 Å². The van der Waals surface area contributed by atoms with Crippen LogP contribution < -0.4 is 62.6 Å². The monoisotopic (exact) mass is 1590 g/mol. The SMILES string of the molecule is CC(C)OC(=O)[C@H](C)NP(=O)(OC[C@H]1O[C@@H](n2ccc(=O)[nH]c2=O)[C@](C)(F)[C@@H]1O)Oc1ccccc1.CC(C)OC(=O)[C@H](C)N[P@@](=O)(OC[C@H]1O[C@@H](n2ccc(=O)[nH]c2=O)[C@](C)(F)[C@@H]1O)Oc1ccccc1.CC(C)OC(=O)[C@H](C)N[P@](=O)(OC[C@H]1O[C@@H](n2ccc(=O)[nH]c2=O)[C@](C)(F)[C@@H]1O)Oc1ccccc1. The maximum absolute atomic E-state index is 15.4. The van der Waals surface area contributed by atoms with E-state index in [-0.39, 0.29) is 17.2 Å². The molecule has 0 spiro atoms. The molecule has 0 radical (unpaired) electrons. The lowest BCUT2D eigenvalue weighted by Crippen LogP contribution is -2.43. The molecule has 0 aliphatic carbocycles. The number of aliphatic hydroxyl groups excluding tert-OH is 3. The molecule has 1 unspecified atom stereocenters. The van der Waals surface area contributed by atoms with Crippen molar-refractivity contribution in [2.24, 2.45) is 0 Å².